The van der Waals surface area contributed by atoms with Crippen LogP contribution in [0, 0.1) is 0 Å². The third-order valence-corrected chi connectivity index (χ3v) is 4.40. The number of hydrogen-bond acceptors (Lipinski definition) is 2. The van der Waals surface area contributed by atoms with E-state index in [2.05, 4.69) is 30.0 Å². The Hall–Kier alpha value is -1.02. The quantitative estimate of drug-likeness (QED) is 0.803. The highest BCUT2D eigenvalue weighted by Crippen LogP contribution is 2.37. The summed E-state index contributed by atoms with van der Waals surface area (Å²) in [5.74, 6) is 0. The number of nitrogens with two attached hydrogens (primary N) is 1. The predicted octanol–water partition coefficient (Wildman–Crippen LogP) is 3.01. The second kappa shape index (κ2) is 4.34. The summed E-state index contributed by atoms with van der Waals surface area (Å²) in [6.45, 7) is 3.57. The Labute approximate surface area is 104 Å². The van der Waals surface area contributed by atoms with Gasteiger partial charge in [-0.15, -0.1) is 0 Å². The molecule has 0 spiro atoms. The summed E-state index contributed by atoms with van der Waals surface area (Å²) in [7, 11) is 0. The lowest BCUT2D eigenvalue weighted by atomic mass is 9.99. The molecule has 2 aliphatic rings. The summed E-state index contributed by atoms with van der Waals surface area (Å²) in [6, 6.07) is 7.64. The summed E-state index contributed by atoms with van der Waals surface area (Å²) in [5, 5.41) is 0. The fourth-order valence-electron chi connectivity index (χ4n) is 3.39. The van der Waals surface area contributed by atoms with E-state index >= 15 is 0 Å². The van der Waals surface area contributed by atoms with E-state index in [1.54, 1.807) is 0 Å². The van der Waals surface area contributed by atoms with Crippen LogP contribution in [0.5, 0.6) is 0 Å². The van der Waals surface area contributed by atoms with Gasteiger partial charge in [0.2, 0.25) is 0 Å². The molecule has 1 aliphatic carbocycles. The van der Waals surface area contributed by atoms with Gasteiger partial charge in [-0.05, 0) is 56.2 Å². The van der Waals surface area contributed by atoms with Crippen molar-refractivity contribution in [3.05, 3.63) is 29.3 Å². The maximum Gasteiger partial charge on any atom is 0.0404 e. The van der Waals surface area contributed by atoms with Crippen LogP contribution < -0.4 is 10.6 Å². The minimum Gasteiger partial charge on any atom is -0.369 e. The lowest BCUT2D eigenvalue weighted by molar-refractivity contribution is 0.484. The highest BCUT2D eigenvalue weighted by Gasteiger charge is 2.26. The van der Waals surface area contributed by atoms with Gasteiger partial charge in [0, 0.05) is 24.3 Å². The minimum atomic E-state index is 0.269. The van der Waals surface area contributed by atoms with Crippen molar-refractivity contribution in [3.8, 4) is 0 Å². The molecule has 1 aromatic carbocycles. The molecular weight excluding hydrogens is 208 g/mol. The molecule has 1 aromatic rings. The molecule has 0 bridgehead atoms. The molecule has 0 saturated carbocycles. The van der Waals surface area contributed by atoms with Crippen LogP contribution >= 0.6 is 0 Å². The third kappa shape index (κ3) is 1.85. The minimum absolute atomic E-state index is 0.269. The van der Waals surface area contributed by atoms with E-state index in [9.17, 15) is 0 Å². The van der Waals surface area contributed by atoms with Crippen molar-refractivity contribution in [1.29, 1.82) is 0 Å². The zero-order valence-corrected chi connectivity index (χ0v) is 10.7. The van der Waals surface area contributed by atoms with Crippen molar-refractivity contribution in [2.75, 3.05) is 11.4 Å². The smallest absolute Gasteiger partial charge is 0.0404 e. The number of rotatable bonds is 1. The van der Waals surface area contributed by atoms with Crippen LogP contribution in [0.4, 0.5) is 5.69 Å². The second-order valence-corrected chi connectivity index (χ2v) is 5.53. The molecule has 2 unspecified atom stereocenters. The van der Waals surface area contributed by atoms with Crippen LogP contribution in [0.2, 0.25) is 0 Å². The Balaban J connectivity index is 1.98. The molecule has 2 N–H and O–H groups in total. The normalized spacial score (nSPS) is 28.2. The van der Waals surface area contributed by atoms with Gasteiger partial charge in [0.1, 0.15) is 0 Å². The van der Waals surface area contributed by atoms with Crippen molar-refractivity contribution in [2.24, 2.45) is 5.73 Å². The van der Waals surface area contributed by atoms with E-state index in [0.29, 0.717) is 6.04 Å². The van der Waals surface area contributed by atoms with E-state index < -0.39 is 0 Å². The van der Waals surface area contributed by atoms with Gasteiger partial charge >= 0.3 is 0 Å². The molecular formula is C15H22N2. The van der Waals surface area contributed by atoms with Gasteiger partial charge in [-0.1, -0.05) is 12.1 Å². The topological polar surface area (TPSA) is 29.3 Å². The number of anilines is 1. The lowest BCUT2D eigenvalue weighted by Crippen LogP contribution is -2.38. The van der Waals surface area contributed by atoms with Crippen LogP contribution in [0.3, 0.4) is 0 Å². The van der Waals surface area contributed by atoms with Crippen LogP contribution in [0.15, 0.2) is 18.2 Å². The van der Waals surface area contributed by atoms with Gasteiger partial charge in [-0.2, -0.15) is 0 Å². The first-order chi connectivity index (χ1) is 8.27. The van der Waals surface area contributed by atoms with E-state index in [0.717, 1.165) is 12.8 Å². The molecule has 2 nitrogen and oxygen atoms in total. The largest absolute Gasteiger partial charge is 0.369 e. The highest BCUT2D eigenvalue weighted by molar-refractivity contribution is 5.60. The fraction of sp³-hybridized carbons (Fsp3) is 0.600. The van der Waals surface area contributed by atoms with Crippen LogP contribution in [-0.4, -0.2) is 12.6 Å². The highest BCUT2D eigenvalue weighted by atomic mass is 15.2. The molecule has 0 aromatic heterocycles. The van der Waals surface area contributed by atoms with Gasteiger partial charge in [-0.3, -0.25) is 0 Å². The Morgan fingerprint density at radius 3 is 2.94 bits per heavy atom. The standard InChI is InChI=1S/C15H22N2/c1-11-5-2-3-10-17(11)15-7-4-6-12-13(15)8-9-14(12)16/h4,6-7,11,14H,2-3,5,8-10,16H2,1H3. The van der Waals surface area contributed by atoms with Crippen LogP contribution in [0.25, 0.3) is 0 Å². The first-order valence-electron chi connectivity index (χ1n) is 6.91. The van der Waals surface area contributed by atoms with Gasteiger partial charge in [0.05, 0.1) is 0 Å². The number of piperidine rings is 1. The Kier molecular flexibility index (Phi) is 2.83. The van der Waals surface area contributed by atoms with Crippen molar-refractivity contribution in [3.63, 3.8) is 0 Å². The third-order valence-electron chi connectivity index (χ3n) is 4.40. The van der Waals surface area contributed by atoms with Crippen molar-refractivity contribution in [1.82, 2.24) is 0 Å². The van der Waals surface area contributed by atoms with E-state index in [1.807, 2.05) is 0 Å². The maximum atomic E-state index is 6.16. The average molecular weight is 230 g/mol. The predicted molar refractivity (Wildman–Crippen MR) is 72.4 cm³/mol. The zero-order valence-electron chi connectivity index (χ0n) is 10.7. The molecule has 3 rings (SSSR count). The summed E-state index contributed by atoms with van der Waals surface area (Å²) in [4.78, 5) is 2.60. The Morgan fingerprint density at radius 2 is 2.12 bits per heavy atom. The molecule has 17 heavy (non-hydrogen) atoms. The van der Waals surface area contributed by atoms with Crippen LogP contribution in [0.1, 0.15) is 49.8 Å². The summed E-state index contributed by atoms with van der Waals surface area (Å²) >= 11 is 0. The Bertz CT molecular complexity index is 413. The molecule has 1 saturated heterocycles. The summed E-state index contributed by atoms with van der Waals surface area (Å²) in [6.07, 6.45) is 6.33. The first-order valence-corrected chi connectivity index (χ1v) is 6.91. The van der Waals surface area contributed by atoms with Crippen molar-refractivity contribution < 1.29 is 0 Å². The molecule has 1 fully saturated rings. The summed E-state index contributed by atoms with van der Waals surface area (Å²) in [5.41, 5.74) is 10.5. The van der Waals surface area contributed by atoms with Crippen molar-refractivity contribution in [2.45, 2.75) is 51.1 Å². The SMILES string of the molecule is CC1CCCCN1c1cccc2c1CCC2N. The second-order valence-electron chi connectivity index (χ2n) is 5.53. The van der Waals surface area contributed by atoms with Gasteiger partial charge in [-0.25, -0.2) is 0 Å². The monoisotopic (exact) mass is 230 g/mol. The number of nitrogens with zero attached hydrogens (tertiary/aromatic N) is 1. The number of benzene rings is 1. The molecule has 92 valence electrons. The van der Waals surface area contributed by atoms with Crippen molar-refractivity contribution >= 4 is 5.69 Å². The number of fused-ring (bicyclic) bond motifs is 1. The molecule has 1 heterocycles. The zero-order chi connectivity index (χ0) is 11.8. The van der Waals surface area contributed by atoms with Gasteiger partial charge < -0.3 is 10.6 Å². The van der Waals surface area contributed by atoms with E-state index in [4.69, 9.17) is 5.73 Å². The maximum absolute atomic E-state index is 6.16. The number of hydrogen-bond donors (Lipinski definition) is 1. The van der Waals surface area contributed by atoms with Crippen LogP contribution in [-0.2, 0) is 6.42 Å². The average Bonchev–Trinajstić information content (AvgIpc) is 2.72. The molecule has 0 amide bonds. The Morgan fingerprint density at radius 1 is 1.24 bits per heavy atom. The molecule has 2 atom stereocenters. The molecule has 2 heteroatoms. The molecule has 1 aliphatic heterocycles. The molecule has 0 radical (unpaired) electrons. The summed E-state index contributed by atoms with van der Waals surface area (Å²) < 4.78 is 0. The van der Waals surface area contributed by atoms with Gasteiger partial charge in [0.25, 0.3) is 0 Å². The van der Waals surface area contributed by atoms with E-state index in [-0.39, 0.29) is 6.04 Å². The van der Waals surface area contributed by atoms with Gasteiger partial charge in [0.15, 0.2) is 0 Å². The van der Waals surface area contributed by atoms with E-state index in [1.165, 1.54) is 42.6 Å². The first kappa shape index (κ1) is 11.1. The fourth-order valence-corrected chi connectivity index (χ4v) is 3.39. The lowest BCUT2D eigenvalue weighted by Gasteiger charge is -2.36.